The number of hydrogen-bond acceptors (Lipinski definition) is 6. The second-order valence-corrected chi connectivity index (χ2v) is 8.25. The first-order valence-corrected chi connectivity index (χ1v) is 10.9. The van der Waals surface area contributed by atoms with Gasteiger partial charge >= 0.3 is 0 Å². The molecule has 172 valence electrons. The van der Waals surface area contributed by atoms with Crippen molar-refractivity contribution in [3.63, 3.8) is 0 Å². The number of benzene rings is 2. The summed E-state index contributed by atoms with van der Waals surface area (Å²) in [6.07, 6.45) is 3.79. The first-order valence-electron chi connectivity index (χ1n) is 10.9. The molecule has 0 unspecified atom stereocenters. The lowest BCUT2D eigenvalue weighted by molar-refractivity contribution is 0.0824. The topological polar surface area (TPSA) is 121 Å². The van der Waals surface area contributed by atoms with Crippen LogP contribution in [0.5, 0.6) is 17.5 Å². The molecule has 8 nitrogen and oxygen atoms in total. The number of nitrogens with one attached hydrogen (secondary N) is 3. The average Bonchev–Trinajstić information content (AvgIpc) is 3.07. The number of aromatic nitrogens is 1. The minimum absolute atomic E-state index is 0.125. The third kappa shape index (κ3) is 4.45. The molecule has 3 aromatic rings. The van der Waals surface area contributed by atoms with Crippen LogP contribution in [0.3, 0.4) is 0 Å². The maximum Gasteiger partial charge on any atom is 0.257 e. The summed E-state index contributed by atoms with van der Waals surface area (Å²) in [6, 6.07) is 14.8. The number of hydrogen-bond donors (Lipinski definition) is 6. The predicted molar refractivity (Wildman–Crippen MR) is 129 cm³/mol. The molecule has 1 aromatic heterocycles. The highest BCUT2D eigenvalue weighted by atomic mass is 16.3. The number of aromatic amines is 1. The molecule has 8 heteroatoms. The lowest BCUT2D eigenvalue weighted by Crippen LogP contribution is -2.21. The Bertz CT molecular complexity index is 1200. The lowest BCUT2D eigenvalue weighted by atomic mass is 9.91. The Morgan fingerprint density at radius 3 is 2.24 bits per heavy atom. The monoisotopic (exact) mass is 448 g/mol. The quantitative estimate of drug-likeness (QED) is 0.296. The third-order valence-corrected chi connectivity index (χ3v) is 5.76. The minimum Gasteiger partial charge on any atom is -0.505 e. The fourth-order valence-corrected chi connectivity index (χ4v) is 4.06. The van der Waals surface area contributed by atoms with Crippen LogP contribution < -0.4 is 10.6 Å². The van der Waals surface area contributed by atoms with Gasteiger partial charge in [-0.2, -0.15) is 0 Å². The van der Waals surface area contributed by atoms with Crippen molar-refractivity contribution in [1.82, 2.24) is 9.88 Å². The van der Waals surface area contributed by atoms with Gasteiger partial charge in [-0.3, -0.25) is 9.78 Å². The molecule has 0 fully saturated rings. The molecule has 1 amide bonds. The summed E-state index contributed by atoms with van der Waals surface area (Å²) in [5, 5.41) is 37.9. The maximum absolute atomic E-state index is 12.4. The van der Waals surface area contributed by atoms with Crippen LogP contribution in [0.4, 0.5) is 17.1 Å². The summed E-state index contributed by atoms with van der Waals surface area (Å²) >= 11 is 0. The number of aromatic hydroxyl groups is 3. The highest BCUT2D eigenvalue weighted by Crippen LogP contribution is 2.45. The van der Waals surface area contributed by atoms with Gasteiger partial charge in [-0.15, -0.1) is 0 Å². The molecule has 0 bridgehead atoms. The Balaban J connectivity index is 1.71. The molecular formula is C25H28N4O4. The van der Waals surface area contributed by atoms with E-state index in [0.29, 0.717) is 0 Å². The number of allylic oxidation sites excluding steroid dienone is 2. The maximum atomic E-state index is 12.4. The summed E-state index contributed by atoms with van der Waals surface area (Å²) in [7, 11) is 3.20. The number of nitrogens with zero attached hydrogens (tertiary/aromatic N) is 1. The van der Waals surface area contributed by atoms with Gasteiger partial charge in [-0.25, -0.2) is 0 Å². The van der Waals surface area contributed by atoms with Crippen molar-refractivity contribution in [3.8, 4) is 17.5 Å². The molecule has 33 heavy (non-hydrogen) atoms. The molecule has 0 atom stereocenters. The minimum atomic E-state index is -0.351. The summed E-state index contributed by atoms with van der Waals surface area (Å²) in [5.74, 6) is -1.13. The smallest absolute Gasteiger partial charge is 0.257 e. The van der Waals surface area contributed by atoms with Gasteiger partial charge in [0.1, 0.15) is 11.4 Å². The molecule has 1 aliphatic carbocycles. The van der Waals surface area contributed by atoms with Crippen LogP contribution in [-0.4, -0.2) is 45.2 Å². The Hall–Kier alpha value is -4.07. The molecule has 1 heterocycles. The zero-order valence-corrected chi connectivity index (χ0v) is 18.6. The number of carbonyl (C=O) groups excluding carboxylic acids is 1. The van der Waals surface area contributed by atoms with E-state index in [1.165, 1.54) is 11.0 Å². The number of phenols is 1. The molecule has 0 saturated carbocycles. The Kier molecular flexibility index (Phi) is 6.17. The average molecular weight is 449 g/mol. The molecule has 6 N–H and O–H groups in total. The largest absolute Gasteiger partial charge is 0.505 e. The van der Waals surface area contributed by atoms with Gasteiger partial charge in [-0.1, -0.05) is 36.4 Å². The van der Waals surface area contributed by atoms with Crippen molar-refractivity contribution in [3.05, 3.63) is 65.4 Å². The number of phenolic OH excluding ortho intramolecular Hbond substituents is 1. The van der Waals surface area contributed by atoms with Gasteiger partial charge in [-0.05, 0) is 49.0 Å². The van der Waals surface area contributed by atoms with Crippen molar-refractivity contribution in [2.24, 2.45) is 0 Å². The van der Waals surface area contributed by atoms with Crippen molar-refractivity contribution in [2.75, 3.05) is 24.7 Å². The van der Waals surface area contributed by atoms with Gasteiger partial charge in [0.05, 0.1) is 11.3 Å². The number of para-hydroxylation sites is 1. The van der Waals surface area contributed by atoms with Crippen LogP contribution in [0.25, 0.3) is 5.57 Å². The molecule has 0 spiro atoms. The summed E-state index contributed by atoms with van der Waals surface area (Å²) < 4.78 is 0. The van der Waals surface area contributed by atoms with Crippen LogP contribution in [0, 0.1) is 0 Å². The Labute approximate surface area is 192 Å². The normalized spacial score (nSPS) is 13.6. The molecule has 0 aliphatic heterocycles. The number of carbonyl (C=O) groups is 1. The second kappa shape index (κ2) is 9.20. The van der Waals surface area contributed by atoms with Gasteiger partial charge in [0.15, 0.2) is 5.75 Å². The molecule has 1 aliphatic rings. The molecule has 2 aromatic carbocycles. The fraction of sp³-hybridized carbons (Fsp3) is 0.240. The number of H-pyrrole nitrogens is 1. The first-order chi connectivity index (χ1) is 15.9. The van der Waals surface area contributed by atoms with Crippen LogP contribution in [-0.2, 0) is 0 Å². The zero-order chi connectivity index (χ0) is 23.5. The van der Waals surface area contributed by atoms with Crippen molar-refractivity contribution >= 4 is 28.5 Å². The Morgan fingerprint density at radius 2 is 1.55 bits per heavy atom. The van der Waals surface area contributed by atoms with E-state index in [1.807, 2.05) is 18.2 Å². The number of rotatable bonds is 6. The number of anilines is 3. The summed E-state index contributed by atoms with van der Waals surface area (Å²) in [6.45, 7) is 0. The molecule has 0 radical (unpaired) electrons. The van der Waals surface area contributed by atoms with Gasteiger partial charge in [0.2, 0.25) is 11.8 Å². The van der Waals surface area contributed by atoms with Gasteiger partial charge < -0.3 is 30.9 Å². The van der Waals surface area contributed by atoms with E-state index in [-0.39, 0.29) is 46.0 Å². The SMILES string of the molecule is CN(C)C(=O)c1cccc(Nc2c(O)[nH]c(O)c2NC2=C(c3ccccc3)CCCC2)c1O. The number of amides is 1. The van der Waals surface area contributed by atoms with E-state index in [2.05, 4.69) is 27.8 Å². The third-order valence-electron chi connectivity index (χ3n) is 5.76. The van der Waals surface area contributed by atoms with E-state index < -0.39 is 0 Å². The zero-order valence-electron chi connectivity index (χ0n) is 18.6. The first kappa shape index (κ1) is 22.1. The highest BCUT2D eigenvalue weighted by Gasteiger charge is 2.23. The standard InChI is InChI=1S/C25H28N4O4/c1-29(2)25(33)17-12-8-14-19(22(17)30)27-21-20(23(31)28-24(21)32)26-18-13-7-6-11-16(18)15-9-4-3-5-10-15/h3-5,8-10,12,14,26-28,30-32H,6-7,11,13H2,1-2H3. The summed E-state index contributed by atoms with van der Waals surface area (Å²) in [4.78, 5) is 16.3. The van der Waals surface area contributed by atoms with Gasteiger partial charge in [0, 0.05) is 19.8 Å². The van der Waals surface area contributed by atoms with Crippen molar-refractivity contribution < 1.29 is 20.1 Å². The van der Waals surface area contributed by atoms with Crippen LogP contribution in [0.2, 0.25) is 0 Å². The highest BCUT2D eigenvalue weighted by molar-refractivity contribution is 5.99. The van der Waals surface area contributed by atoms with Crippen LogP contribution >= 0.6 is 0 Å². The second-order valence-electron chi connectivity index (χ2n) is 8.25. The van der Waals surface area contributed by atoms with E-state index in [4.69, 9.17) is 0 Å². The van der Waals surface area contributed by atoms with Gasteiger partial charge in [0.25, 0.3) is 5.91 Å². The lowest BCUT2D eigenvalue weighted by Gasteiger charge is -2.23. The van der Waals surface area contributed by atoms with E-state index in [9.17, 15) is 20.1 Å². The van der Waals surface area contributed by atoms with Crippen molar-refractivity contribution in [1.29, 1.82) is 0 Å². The van der Waals surface area contributed by atoms with E-state index in [1.54, 1.807) is 26.2 Å². The molecule has 4 rings (SSSR count). The predicted octanol–water partition coefficient (Wildman–Crippen LogP) is 4.97. The molecular weight excluding hydrogens is 420 g/mol. The summed E-state index contributed by atoms with van der Waals surface area (Å²) in [5.41, 5.74) is 4.02. The fourth-order valence-electron chi connectivity index (χ4n) is 4.06. The van der Waals surface area contributed by atoms with Crippen LogP contribution in [0.15, 0.2) is 54.2 Å². The van der Waals surface area contributed by atoms with Crippen LogP contribution in [0.1, 0.15) is 41.6 Å². The van der Waals surface area contributed by atoms with E-state index >= 15 is 0 Å². The van der Waals surface area contributed by atoms with Crippen molar-refractivity contribution in [2.45, 2.75) is 25.7 Å². The van der Waals surface area contributed by atoms with E-state index in [0.717, 1.165) is 42.5 Å². The molecule has 0 saturated heterocycles. The Morgan fingerprint density at radius 1 is 0.879 bits per heavy atom.